The maximum Gasteiger partial charge on any atom is 0.267 e. The molecular weight excluding hydrogens is 426 g/mol. The Balaban J connectivity index is 1.61. The van der Waals surface area contributed by atoms with Gasteiger partial charge in [-0.1, -0.05) is 50.2 Å². The molecule has 168 valence electrons. The number of carbonyl (C=O) groups excluding carboxylic acids is 1. The molecule has 2 heterocycles. The summed E-state index contributed by atoms with van der Waals surface area (Å²) in [5.74, 6) is -0.0398. The van der Waals surface area contributed by atoms with E-state index in [1.54, 1.807) is 11.0 Å². The number of amides is 1. The van der Waals surface area contributed by atoms with Crippen LogP contribution in [0.25, 0.3) is 22.0 Å². The van der Waals surface area contributed by atoms with Gasteiger partial charge in [0.25, 0.3) is 5.56 Å². The number of rotatable bonds is 6. The van der Waals surface area contributed by atoms with E-state index in [2.05, 4.69) is 5.10 Å². The van der Waals surface area contributed by atoms with Crippen molar-refractivity contribution in [3.63, 3.8) is 0 Å². The Labute approximate surface area is 187 Å². The lowest BCUT2D eigenvalue weighted by atomic mass is 10.1. The largest absolute Gasteiger partial charge is 0.337 e. The van der Waals surface area contributed by atoms with Crippen LogP contribution in [-0.4, -0.2) is 53.1 Å². The van der Waals surface area contributed by atoms with Crippen molar-refractivity contribution in [3.05, 3.63) is 65.0 Å². The SMILES string of the molecule is CC(C)CN(C(=O)Cn1nc(-c2ccc3ccccc3c2)ccc1=O)C1CCS(=O)(=O)C1. The van der Waals surface area contributed by atoms with Crippen LogP contribution in [0, 0.1) is 5.92 Å². The molecule has 2 aromatic carbocycles. The van der Waals surface area contributed by atoms with Gasteiger partial charge in [-0.2, -0.15) is 5.10 Å². The van der Waals surface area contributed by atoms with Gasteiger partial charge in [-0.05, 0) is 35.2 Å². The van der Waals surface area contributed by atoms with Gasteiger partial charge in [-0.15, -0.1) is 0 Å². The highest BCUT2D eigenvalue weighted by Crippen LogP contribution is 2.23. The first kappa shape index (κ1) is 22.2. The number of aromatic nitrogens is 2. The third-order valence-corrected chi connectivity index (χ3v) is 7.48. The maximum absolute atomic E-state index is 13.2. The standard InChI is InChI=1S/C24H27N3O4S/c1-17(2)14-26(21-11-12-32(30,31)16-21)24(29)15-27-23(28)10-9-22(25-27)20-8-7-18-5-3-4-6-19(18)13-20/h3-10,13,17,21H,11-12,14-16H2,1-2H3. The van der Waals surface area contributed by atoms with Gasteiger partial charge in [0.2, 0.25) is 5.91 Å². The molecule has 4 rings (SSSR count). The summed E-state index contributed by atoms with van der Waals surface area (Å²) >= 11 is 0. The van der Waals surface area contributed by atoms with Crippen molar-refractivity contribution >= 4 is 26.5 Å². The van der Waals surface area contributed by atoms with E-state index in [-0.39, 0.29) is 41.5 Å². The van der Waals surface area contributed by atoms with Crippen molar-refractivity contribution in [1.82, 2.24) is 14.7 Å². The summed E-state index contributed by atoms with van der Waals surface area (Å²) in [5.41, 5.74) is 1.08. The average molecular weight is 454 g/mol. The molecule has 1 atom stereocenters. The van der Waals surface area contributed by atoms with Crippen LogP contribution in [0.4, 0.5) is 0 Å². The fourth-order valence-corrected chi connectivity index (χ4v) is 5.88. The van der Waals surface area contributed by atoms with Crippen molar-refractivity contribution in [1.29, 1.82) is 0 Å². The maximum atomic E-state index is 13.2. The van der Waals surface area contributed by atoms with Gasteiger partial charge in [0.05, 0.1) is 17.2 Å². The van der Waals surface area contributed by atoms with Crippen LogP contribution in [0.15, 0.2) is 59.4 Å². The summed E-state index contributed by atoms with van der Waals surface area (Å²) in [7, 11) is -3.13. The zero-order valence-electron chi connectivity index (χ0n) is 18.3. The first-order valence-electron chi connectivity index (χ1n) is 10.8. The lowest BCUT2D eigenvalue weighted by Gasteiger charge is -2.30. The normalized spacial score (nSPS) is 17.7. The average Bonchev–Trinajstić information content (AvgIpc) is 3.12. The van der Waals surface area contributed by atoms with Gasteiger partial charge < -0.3 is 4.90 Å². The van der Waals surface area contributed by atoms with Crippen molar-refractivity contribution < 1.29 is 13.2 Å². The van der Waals surface area contributed by atoms with E-state index in [1.807, 2.05) is 56.3 Å². The third kappa shape index (κ3) is 4.91. The number of fused-ring (bicyclic) bond motifs is 1. The topological polar surface area (TPSA) is 89.3 Å². The van der Waals surface area contributed by atoms with Gasteiger partial charge in [0.15, 0.2) is 9.84 Å². The van der Waals surface area contributed by atoms with Crippen molar-refractivity contribution in [2.24, 2.45) is 5.92 Å². The van der Waals surface area contributed by atoms with Crippen LogP contribution in [0.3, 0.4) is 0 Å². The molecule has 1 aromatic heterocycles. The smallest absolute Gasteiger partial charge is 0.267 e. The minimum atomic E-state index is -3.13. The highest BCUT2D eigenvalue weighted by Gasteiger charge is 2.35. The number of carbonyl (C=O) groups is 1. The fourth-order valence-electron chi connectivity index (χ4n) is 4.15. The van der Waals surface area contributed by atoms with Gasteiger partial charge in [0, 0.05) is 24.2 Å². The van der Waals surface area contributed by atoms with Gasteiger partial charge >= 0.3 is 0 Å². The van der Waals surface area contributed by atoms with E-state index in [9.17, 15) is 18.0 Å². The Kier molecular flexibility index (Phi) is 6.15. The molecule has 0 saturated carbocycles. The second-order valence-electron chi connectivity index (χ2n) is 8.77. The van der Waals surface area contributed by atoms with E-state index in [0.717, 1.165) is 16.3 Å². The predicted octanol–water partition coefficient (Wildman–Crippen LogP) is 2.74. The minimum absolute atomic E-state index is 0.0229. The summed E-state index contributed by atoms with van der Waals surface area (Å²) in [6.45, 7) is 4.19. The summed E-state index contributed by atoms with van der Waals surface area (Å²) in [5, 5.41) is 6.61. The fraction of sp³-hybridized carbons (Fsp3) is 0.375. The molecule has 0 N–H and O–H groups in total. The molecule has 1 amide bonds. The molecule has 1 saturated heterocycles. The molecule has 7 nitrogen and oxygen atoms in total. The Morgan fingerprint density at radius 1 is 1.12 bits per heavy atom. The second-order valence-corrected chi connectivity index (χ2v) is 11.0. The lowest BCUT2D eigenvalue weighted by molar-refractivity contribution is -0.134. The molecule has 0 radical (unpaired) electrons. The van der Waals surface area contributed by atoms with Crippen LogP contribution < -0.4 is 5.56 Å². The Morgan fingerprint density at radius 2 is 1.88 bits per heavy atom. The van der Waals surface area contributed by atoms with Crippen molar-refractivity contribution in [3.8, 4) is 11.3 Å². The summed E-state index contributed by atoms with van der Waals surface area (Å²) < 4.78 is 25.1. The van der Waals surface area contributed by atoms with Crippen LogP contribution >= 0.6 is 0 Å². The summed E-state index contributed by atoms with van der Waals surface area (Å²) in [6, 6.07) is 16.6. The van der Waals surface area contributed by atoms with Crippen LogP contribution in [0.1, 0.15) is 20.3 Å². The van der Waals surface area contributed by atoms with E-state index >= 15 is 0 Å². The van der Waals surface area contributed by atoms with Gasteiger partial charge in [-0.25, -0.2) is 13.1 Å². The Hall–Kier alpha value is -3.00. The summed E-state index contributed by atoms with van der Waals surface area (Å²) in [4.78, 5) is 27.2. The third-order valence-electron chi connectivity index (χ3n) is 5.73. The molecule has 32 heavy (non-hydrogen) atoms. The molecule has 0 spiro atoms. The molecule has 1 aliphatic heterocycles. The Morgan fingerprint density at radius 3 is 2.56 bits per heavy atom. The first-order chi connectivity index (χ1) is 15.2. The van der Waals surface area contributed by atoms with E-state index in [0.29, 0.717) is 18.7 Å². The van der Waals surface area contributed by atoms with Gasteiger partial charge in [-0.3, -0.25) is 9.59 Å². The monoisotopic (exact) mass is 453 g/mol. The first-order valence-corrected chi connectivity index (χ1v) is 12.6. The number of hydrogen-bond donors (Lipinski definition) is 0. The van der Waals surface area contributed by atoms with Crippen molar-refractivity contribution in [2.45, 2.75) is 32.9 Å². The highest BCUT2D eigenvalue weighted by atomic mass is 32.2. The van der Waals surface area contributed by atoms with Crippen LogP contribution in [0.2, 0.25) is 0 Å². The number of hydrogen-bond acceptors (Lipinski definition) is 5. The minimum Gasteiger partial charge on any atom is -0.337 e. The van der Waals surface area contributed by atoms with Crippen molar-refractivity contribution in [2.75, 3.05) is 18.1 Å². The molecule has 0 bridgehead atoms. The molecular formula is C24H27N3O4S. The zero-order valence-corrected chi connectivity index (χ0v) is 19.1. The van der Waals surface area contributed by atoms with E-state index < -0.39 is 9.84 Å². The quantitative estimate of drug-likeness (QED) is 0.573. The molecule has 3 aromatic rings. The van der Waals surface area contributed by atoms with Crippen LogP contribution in [-0.2, 0) is 21.2 Å². The van der Waals surface area contributed by atoms with E-state index in [1.165, 1.54) is 10.7 Å². The van der Waals surface area contributed by atoms with E-state index in [4.69, 9.17) is 0 Å². The molecule has 1 aliphatic rings. The van der Waals surface area contributed by atoms with Crippen LogP contribution in [0.5, 0.6) is 0 Å². The summed E-state index contributed by atoms with van der Waals surface area (Å²) in [6.07, 6.45) is 0.431. The molecule has 1 unspecified atom stereocenters. The number of nitrogens with zero attached hydrogens (tertiary/aromatic N) is 3. The Bertz CT molecular complexity index is 1310. The van der Waals surface area contributed by atoms with Gasteiger partial charge in [0.1, 0.15) is 6.54 Å². The lowest BCUT2D eigenvalue weighted by Crippen LogP contribution is -2.46. The zero-order chi connectivity index (χ0) is 22.9. The predicted molar refractivity (Wildman–Crippen MR) is 125 cm³/mol. The molecule has 1 fully saturated rings. The number of sulfone groups is 1. The number of benzene rings is 2. The molecule has 8 heteroatoms. The molecule has 0 aliphatic carbocycles. The highest BCUT2D eigenvalue weighted by molar-refractivity contribution is 7.91. The second kappa shape index (κ2) is 8.86.